The Labute approximate surface area is 85.4 Å². The molecule has 1 unspecified atom stereocenters. The number of rotatable bonds is 5. The van der Waals surface area contributed by atoms with Crippen molar-refractivity contribution >= 4 is 5.91 Å². The number of nitrogens with one attached hydrogen (secondary N) is 2. The van der Waals surface area contributed by atoms with Gasteiger partial charge in [-0.1, -0.05) is 19.8 Å². The Balaban J connectivity index is 2.07. The van der Waals surface area contributed by atoms with Gasteiger partial charge in [0.1, 0.15) is 6.10 Å². The SMILES string of the molecule is CCCCCNC(=O)C1CNCCO1. The molecule has 0 spiro atoms. The highest BCUT2D eigenvalue weighted by Gasteiger charge is 2.20. The summed E-state index contributed by atoms with van der Waals surface area (Å²) in [6.45, 7) is 5.04. The third kappa shape index (κ3) is 4.07. The molecule has 1 heterocycles. The Hall–Kier alpha value is -0.610. The van der Waals surface area contributed by atoms with Crippen molar-refractivity contribution in [2.24, 2.45) is 0 Å². The van der Waals surface area contributed by atoms with E-state index in [4.69, 9.17) is 4.74 Å². The van der Waals surface area contributed by atoms with E-state index >= 15 is 0 Å². The summed E-state index contributed by atoms with van der Waals surface area (Å²) in [6.07, 6.45) is 3.12. The van der Waals surface area contributed by atoms with Gasteiger partial charge in [0.05, 0.1) is 6.61 Å². The van der Waals surface area contributed by atoms with E-state index in [1.165, 1.54) is 12.8 Å². The summed E-state index contributed by atoms with van der Waals surface area (Å²) in [5.74, 6) is 0.0216. The second kappa shape index (κ2) is 6.79. The van der Waals surface area contributed by atoms with Crippen molar-refractivity contribution in [3.63, 3.8) is 0 Å². The van der Waals surface area contributed by atoms with Crippen molar-refractivity contribution in [1.29, 1.82) is 0 Å². The number of amides is 1. The Morgan fingerprint density at radius 3 is 3.07 bits per heavy atom. The molecule has 0 aliphatic carbocycles. The van der Waals surface area contributed by atoms with Crippen molar-refractivity contribution in [3.05, 3.63) is 0 Å². The minimum atomic E-state index is -0.287. The number of ether oxygens (including phenoxy) is 1. The van der Waals surface area contributed by atoms with E-state index in [0.717, 1.165) is 19.5 Å². The smallest absolute Gasteiger partial charge is 0.250 e. The van der Waals surface area contributed by atoms with Crippen LogP contribution in [0.15, 0.2) is 0 Å². The fourth-order valence-corrected chi connectivity index (χ4v) is 1.43. The lowest BCUT2D eigenvalue weighted by Crippen LogP contribution is -2.48. The molecule has 1 fully saturated rings. The van der Waals surface area contributed by atoms with Gasteiger partial charge in [-0.25, -0.2) is 0 Å². The summed E-state index contributed by atoms with van der Waals surface area (Å²) in [4.78, 5) is 11.5. The van der Waals surface area contributed by atoms with Crippen LogP contribution in [0.4, 0.5) is 0 Å². The molecule has 0 radical (unpaired) electrons. The molecule has 4 nitrogen and oxygen atoms in total. The van der Waals surface area contributed by atoms with Gasteiger partial charge in [-0.15, -0.1) is 0 Å². The van der Waals surface area contributed by atoms with Crippen LogP contribution >= 0.6 is 0 Å². The van der Waals surface area contributed by atoms with Gasteiger partial charge in [0.2, 0.25) is 5.91 Å². The molecule has 0 aromatic heterocycles. The second-order valence-corrected chi connectivity index (χ2v) is 3.56. The first-order valence-corrected chi connectivity index (χ1v) is 5.44. The Bertz CT molecular complexity index is 168. The average molecular weight is 200 g/mol. The van der Waals surface area contributed by atoms with E-state index in [1.807, 2.05) is 0 Å². The van der Waals surface area contributed by atoms with Gasteiger partial charge in [-0.2, -0.15) is 0 Å². The summed E-state index contributed by atoms with van der Waals surface area (Å²) in [5.41, 5.74) is 0. The highest BCUT2D eigenvalue weighted by atomic mass is 16.5. The molecule has 1 rings (SSSR count). The standard InChI is InChI=1S/C10H20N2O2/c1-2-3-4-5-12-10(13)9-8-11-6-7-14-9/h9,11H,2-8H2,1H3,(H,12,13). The van der Waals surface area contributed by atoms with E-state index in [-0.39, 0.29) is 12.0 Å². The topological polar surface area (TPSA) is 50.4 Å². The molecule has 0 saturated carbocycles. The number of hydrogen-bond donors (Lipinski definition) is 2. The minimum absolute atomic E-state index is 0.0216. The largest absolute Gasteiger partial charge is 0.366 e. The number of morpholine rings is 1. The average Bonchev–Trinajstić information content (AvgIpc) is 2.25. The first-order valence-electron chi connectivity index (χ1n) is 5.44. The van der Waals surface area contributed by atoms with Gasteiger partial charge < -0.3 is 15.4 Å². The lowest BCUT2D eigenvalue weighted by atomic mass is 10.2. The van der Waals surface area contributed by atoms with Crippen LogP contribution in [0.3, 0.4) is 0 Å². The third-order valence-electron chi connectivity index (χ3n) is 2.30. The summed E-state index contributed by atoms with van der Waals surface area (Å²) in [5, 5.41) is 6.01. The fraction of sp³-hybridized carbons (Fsp3) is 0.900. The molecule has 0 aromatic rings. The van der Waals surface area contributed by atoms with Crippen LogP contribution < -0.4 is 10.6 Å². The molecule has 1 aliphatic rings. The highest BCUT2D eigenvalue weighted by Crippen LogP contribution is 1.96. The normalized spacial score (nSPS) is 21.9. The predicted octanol–water partition coefficient (Wildman–Crippen LogP) is 0.281. The highest BCUT2D eigenvalue weighted by molar-refractivity contribution is 5.81. The van der Waals surface area contributed by atoms with Gasteiger partial charge in [-0.05, 0) is 6.42 Å². The lowest BCUT2D eigenvalue weighted by molar-refractivity contribution is -0.134. The maximum absolute atomic E-state index is 11.5. The molecule has 14 heavy (non-hydrogen) atoms. The Kier molecular flexibility index (Phi) is 5.56. The third-order valence-corrected chi connectivity index (χ3v) is 2.30. The molecule has 0 bridgehead atoms. The first-order chi connectivity index (χ1) is 6.84. The molecular weight excluding hydrogens is 180 g/mol. The van der Waals surface area contributed by atoms with Crippen LogP contribution in [0, 0.1) is 0 Å². The molecule has 0 aromatic carbocycles. The summed E-state index contributed by atoms with van der Waals surface area (Å²) >= 11 is 0. The zero-order chi connectivity index (χ0) is 10.2. The maximum Gasteiger partial charge on any atom is 0.250 e. The quantitative estimate of drug-likeness (QED) is 0.627. The van der Waals surface area contributed by atoms with Gasteiger partial charge in [0.15, 0.2) is 0 Å². The van der Waals surface area contributed by atoms with E-state index in [0.29, 0.717) is 13.2 Å². The van der Waals surface area contributed by atoms with Crippen LogP contribution in [0.5, 0.6) is 0 Å². The Morgan fingerprint density at radius 2 is 2.43 bits per heavy atom. The number of hydrogen-bond acceptors (Lipinski definition) is 3. The first kappa shape index (κ1) is 11.5. The lowest BCUT2D eigenvalue weighted by Gasteiger charge is -2.22. The van der Waals surface area contributed by atoms with Crippen LogP contribution in [0.25, 0.3) is 0 Å². The molecule has 4 heteroatoms. The molecule has 1 amide bonds. The summed E-state index contributed by atoms with van der Waals surface area (Å²) in [6, 6.07) is 0. The summed E-state index contributed by atoms with van der Waals surface area (Å²) < 4.78 is 5.32. The van der Waals surface area contributed by atoms with Crippen molar-refractivity contribution in [2.75, 3.05) is 26.2 Å². The second-order valence-electron chi connectivity index (χ2n) is 3.56. The van der Waals surface area contributed by atoms with Crippen LogP contribution in [0.2, 0.25) is 0 Å². The number of carbonyl (C=O) groups is 1. The van der Waals surface area contributed by atoms with Crippen LogP contribution in [-0.4, -0.2) is 38.3 Å². The molecule has 1 aliphatic heterocycles. The monoisotopic (exact) mass is 200 g/mol. The van der Waals surface area contributed by atoms with Gasteiger partial charge in [0, 0.05) is 19.6 Å². The molecule has 2 N–H and O–H groups in total. The predicted molar refractivity (Wildman–Crippen MR) is 55.1 cm³/mol. The van der Waals surface area contributed by atoms with Crippen LogP contribution in [0.1, 0.15) is 26.2 Å². The number of unbranched alkanes of at least 4 members (excludes halogenated alkanes) is 2. The number of carbonyl (C=O) groups excluding carboxylic acids is 1. The fourth-order valence-electron chi connectivity index (χ4n) is 1.43. The molecule has 1 atom stereocenters. The van der Waals surface area contributed by atoms with E-state index in [9.17, 15) is 4.79 Å². The van der Waals surface area contributed by atoms with Gasteiger partial charge in [-0.3, -0.25) is 4.79 Å². The van der Waals surface area contributed by atoms with E-state index in [2.05, 4.69) is 17.6 Å². The molecule has 82 valence electrons. The van der Waals surface area contributed by atoms with Crippen molar-refractivity contribution in [2.45, 2.75) is 32.3 Å². The van der Waals surface area contributed by atoms with Crippen molar-refractivity contribution in [3.8, 4) is 0 Å². The van der Waals surface area contributed by atoms with E-state index in [1.54, 1.807) is 0 Å². The van der Waals surface area contributed by atoms with E-state index < -0.39 is 0 Å². The van der Waals surface area contributed by atoms with Crippen LogP contribution in [-0.2, 0) is 9.53 Å². The molecule has 1 saturated heterocycles. The maximum atomic E-state index is 11.5. The molecular formula is C10H20N2O2. The minimum Gasteiger partial charge on any atom is -0.366 e. The Morgan fingerprint density at radius 1 is 1.57 bits per heavy atom. The van der Waals surface area contributed by atoms with Gasteiger partial charge in [0.25, 0.3) is 0 Å². The van der Waals surface area contributed by atoms with Crippen molar-refractivity contribution in [1.82, 2.24) is 10.6 Å². The zero-order valence-electron chi connectivity index (χ0n) is 8.84. The van der Waals surface area contributed by atoms with Gasteiger partial charge >= 0.3 is 0 Å². The summed E-state index contributed by atoms with van der Waals surface area (Å²) in [7, 11) is 0. The van der Waals surface area contributed by atoms with Crippen molar-refractivity contribution < 1.29 is 9.53 Å². The zero-order valence-corrected chi connectivity index (χ0v) is 8.84.